The molecule has 1 rings (SSSR count). The number of amides is 1. The molecule has 1 heterocycles. The standard InChI is InChI=1S/C5H7BrN4O/c6-2-1-4(11)9-5-7-3-8-10-5/h3H,1-2H2,(H2,7,8,9,10,11). The molecule has 6 heteroatoms. The molecule has 0 atom stereocenters. The van der Waals surface area contributed by atoms with E-state index in [4.69, 9.17) is 0 Å². The molecule has 1 amide bonds. The number of aromatic amines is 1. The number of alkyl halides is 1. The van der Waals surface area contributed by atoms with Crippen molar-refractivity contribution in [3.05, 3.63) is 6.33 Å². The highest BCUT2D eigenvalue weighted by Gasteiger charge is 2.01. The van der Waals surface area contributed by atoms with E-state index >= 15 is 0 Å². The quantitative estimate of drug-likeness (QED) is 0.728. The third-order valence-corrected chi connectivity index (χ3v) is 1.39. The lowest BCUT2D eigenvalue weighted by Crippen LogP contribution is -2.12. The average molecular weight is 219 g/mol. The van der Waals surface area contributed by atoms with Gasteiger partial charge in [-0.15, -0.1) is 0 Å². The fourth-order valence-corrected chi connectivity index (χ4v) is 0.906. The number of nitrogens with one attached hydrogen (secondary N) is 2. The van der Waals surface area contributed by atoms with Gasteiger partial charge in [-0.05, 0) is 0 Å². The van der Waals surface area contributed by atoms with E-state index in [1.54, 1.807) is 0 Å². The fraction of sp³-hybridized carbons (Fsp3) is 0.400. The van der Waals surface area contributed by atoms with Crippen LogP contribution in [0.3, 0.4) is 0 Å². The second-order valence-electron chi connectivity index (χ2n) is 1.82. The van der Waals surface area contributed by atoms with Crippen LogP contribution < -0.4 is 5.32 Å². The van der Waals surface area contributed by atoms with Crippen LogP contribution in [0.4, 0.5) is 5.95 Å². The average Bonchev–Trinajstić information content (AvgIpc) is 2.40. The Bertz CT molecular complexity index is 222. The highest BCUT2D eigenvalue weighted by atomic mass is 79.9. The first-order valence-electron chi connectivity index (χ1n) is 3.04. The second-order valence-corrected chi connectivity index (χ2v) is 2.61. The molecule has 0 saturated carbocycles. The van der Waals surface area contributed by atoms with Gasteiger partial charge in [0.2, 0.25) is 11.9 Å². The molecule has 1 aromatic rings. The van der Waals surface area contributed by atoms with Crippen molar-refractivity contribution in [1.29, 1.82) is 0 Å². The SMILES string of the molecule is O=C(CCBr)Nc1ncn[nH]1. The molecule has 0 saturated heterocycles. The van der Waals surface area contributed by atoms with Crippen molar-refractivity contribution < 1.29 is 4.79 Å². The number of H-pyrrole nitrogens is 1. The molecule has 0 fully saturated rings. The van der Waals surface area contributed by atoms with Crippen molar-refractivity contribution in [2.24, 2.45) is 0 Å². The third-order valence-electron chi connectivity index (χ3n) is 0.994. The summed E-state index contributed by atoms with van der Waals surface area (Å²) in [5.41, 5.74) is 0. The van der Waals surface area contributed by atoms with Gasteiger partial charge in [0.15, 0.2) is 0 Å². The van der Waals surface area contributed by atoms with Gasteiger partial charge in [0.05, 0.1) is 0 Å². The van der Waals surface area contributed by atoms with Gasteiger partial charge in [-0.3, -0.25) is 10.1 Å². The van der Waals surface area contributed by atoms with Gasteiger partial charge in [0.25, 0.3) is 0 Å². The van der Waals surface area contributed by atoms with Gasteiger partial charge in [-0.2, -0.15) is 10.1 Å². The van der Waals surface area contributed by atoms with Crippen LogP contribution in [0.25, 0.3) is 0 Å². The summed E-state index contributed by atoms with van der Waals surface area (Å²) in [5.74, 6) is 0.301. The Hall–Kier alpha value is -0.910. The van der Waals surface area contributed by atoms with Crippen molar-refractivity contribution >= 4 is 27.8 Å². The zero-order chi connectivity index (χ0) is 8.10. The molecule has 2 N–H and O–H groups in total. The lowest BCUT2D eigenvalue weighted by atomic mass is 10.5. The Balaban J connectivity index is 2.37. The summed E-state index contributed by atoms with van der Waals surface area (Å²) in [6.45, 7) is 0. The third kappa shape index (κ3) is 2.67. The van der Waals surface area contributed by atoms with Gasteiger partial charge < -0.3 is 0 Å². The van der Waals surface area contributed by atoms with Gasteiger partial charge in [-0.25, -0.2) is 5.10 Å². The van der Waals surface area contributed by atoms with E-state index < -0.39 is 0 Å². The maximum Gasteiger partial charge on any atom is 0.227 e. The van der Waals surface area contributed by atoms with E-state index in [1.807, 2.05) is 0 Å². The zero-order valence-electron chi connectivity index (χ0n) is 5.67. The second kappa shape index (κ2) is 4.07. The molecule has 0 aromatic carbocycles. The molecule has 0 aliphatic carbocycles. The Morgan fingerprint density at radius 2 is 2.64 bits per heavy atom. The van der Waals surface area contributed by atoms with Gasteiger partial charge >= 0.3 is 0 Å². The summed E-state index contributed by atoms with van der Waals surface area (Å²) >= 11 is 3.15. The van der Waals surface area contributed by atoms with Crippen LogP contribution in [0.5, 0.6) is 0 Å². The highest BCUT2D eigenvalue weighted by Crippen LogP contribution is 1.95. The summed E-state index contributed by atoms with van der Waals surface area (Å²) in [6.07, 6.45) is 1.77. The van der Waals surface area contributed by atoms with Crippen LogP contribution in [-0.4, -0.2) is 26.4 Å². The van der Waals surface area contributed by atoms with Crippen molar-refractivity contribution in [2.45, 2.75) is 6.42 Å². The minimum absolute atomic E-state index is 0.0846. The number of hydrogen-bond acceptors (Lipinski definition) is 3. The Morgan fingerprint density at radius 3 is 3.18 bits per heavy atom. The Morgan fingerprint density at radius 1 is 1.82 bits per heavy atom. The van der Waals surface area contributed by atoms with Crippen molar-refractivity contribution in [1.82, 2.24) is 15.2 Å². The first-order chi connectivity index (χ1) is 5.33. The molecule has 0 spiro atoms. The number of halogens is 1. The normalized spacial score (nSPS) is 9.55. The minimum atomic E-state index is -0.0846. The smallest absolute Gasteiger partial charge is 0.227 e. The fourth-order valence-electron chi connectivity index (χ4n) is 0.546. The molecular weight excluding hydrogens is 212 g/mol. The number of hydrogen-bond donors (Lipinski definition) is 2. The van der Waals surface area contributed by atoms with E-state index in [9.17, 15) is 4.79 Å². The molecule has 1 aromatic heterocycles. The molecule has 0 unspecified atom stereocenters. The molecule has 0 aliphatic rings. The molecular formula is C5H7BrN4O. The largest absolute Gasteiger partial charge is 0.295 e. The predicted molar refractivity (Wildman–Crippen MR) is 43.4 cm³/mol. The van der Waals surface area contributed by atoms with E-state index in [-0.39, 0.29) is 5.91 Å². The van der Waals surface area contributed by atoms with E-state index in [0.29, 0.717) is 17.7 Å². The first kappa shape index (κ1) is 8.19. The number of carbonyl (C=O) groups excluding carboxylic acids is 1. The minimum Gasteiger partial charge on any atom is -0.295 e. The summed E-state index contributed by atoms with van der Waals surface area (Å²) in [6, 6.07) is 0. The summed E-state index contributed by atoms with van der Waals surface area (Å²) in [5, 5.41) is 9.26. The molecule has 0 radical (unpaired) electrons. The van der Waals surface area contributed by atoms with Crippen molar-refractivity contribution in [3.8, 4) is 0 Å². The Labute approximate surface area is 71.7 Å². The van der Waals surface area contributed by atoms with Crippen LogP contribution >= 0.6 is 15.9 Å². The topological polar surface area (TPSA) is 70.7 Å². The predicted octanol–water partition coefficient (Wildman–Crippen LogP) is 0.528. The number of carbonyl (C=O) groups is 1. The molecule has 0 aliphatic heterocycles. The van der Waals surface area contributed by atoms with E-state index in [0.717, 1.165) is 0 Å². The zero-order valence-corrected chi connectivity index (χ0v) is 7.26. The summed E-state index contributed by atoms with van der Waals surface area (Å²) < 4.78 is 0. The Kier molecular flexibility index (Phi) is 3.03. The lowest BCUT2D eigenvalue weighted by molar-refractivity contribution is -0.115. The number of nitrogens with zero attached hydrogens (tertiary/aromatic N) is 2. The monoisotopic (exact) mass is 218 g/mol. The lowest BCUT2D eigenvalue weighted by Gasteiger charge is -1.96. The molecule has 60 valence electrons. The maximum absolute atomic E-state index is 10.9. The van der Waals surface area contributed by atoms with Crippen molar-refractivity contribution in [3.63, 3.8) is 0 Å². The van der Waals surface area contributed by atoms with Crippen LogP contribution in [0, 0.1) is 0 Å². The number of anilines is 1. The summed E-state index contributed by atoms with van der Waals surface area (Å²) in [4.78, 5) is 14.6. The van der Waals surface area contributed by atoms with E-state index in [1.165, 1.54) is 6.33 Å². The number of aromatic nitrogens is 3. The van der Waals surface area contributed by atoms with Gasteiger partial charge in [0, 0.05) is 11.8 Å². The molecule has 5 nitrogen and oxygen atoms in total. The van der Waals surface area contributed by atoms with Crippen LogP contribution in [0.1, 0.15) is 6.42 Å². The molecule has 11 heavy (non-hydrogen) atoms. The van der Waals surface area contributed by atoms with Crippen LogP contribution in [0.2, 0.25) is 0 Å². The highest BCUT2D eigenvalue weighted by molar-refractivity contribution is 9.09. The van der Waals surface area contributed by atoms with E-state index in [2.05, 4.69) is 36.4 Å². The van der Waals surface area contributed by atoms with Crippen LogP contribution in [-0.2, 0) is 4.79 Å². The maximum atomic E-state index is 10.9. The van der Waals surface area contributed by atoms with Crippen molar-refractivity contribution in [2.75, 3.05) is 10.6 Å². The molecule has 0 bridgehead atoms. The van der Waals surface area contributed by atoms with Crippen LogP contribution in [0.15, 0.2) is 6.33 Å². The summed E-state index contributed by atoms with van der Waals surface area (Å²) in [7, 11) is 0. The first-order valence-corrected chi connectivity index (χ1v) is 4.16. The van der Waals surface area contributed by atoms with Gasteiger partial charge in [0.1, 0.15) is 6.33 Å². The van der Waals surface area contributed by atoms with Gasteiger partial charge in [-0.1, -0.05) is 15.9 Å². The number of rotatable bonds is 3.